The van der Waals surface area contributed by atoms with E-state index in [-0.39, 0.29) is 0 Å². The number of H-pyrrole nitrogens is 1. The summed E-state index contributed by atoms with van der Waals surface area (Å²) in [5.74, 6) is 0.755. The number of hydrogen-bond acceptors (Lipinski definition) is 6. The second-order valence-corrected chi connectivity index (χ2v) is 9.23. The van der Waals surface area contributed by atoms with Crippen molar-refractivity contribution < 1.29 is 4.74 Å². The van der Waals surface area contributed by atoms with E-state index < -0.39 is 0 Å². The first-order chi connectivity index (χ1) is 16.1. The molecule has 3 aromatic heterocycles. The Morgan fingerprint density at radius 1 is 0.939 bits per heavy atom. The molecule has 6 rings (SSSR count). The molecular formula is C26H28N6O. The third-order valence-corrected chi connectivity index (χ3v) is 6.89. The number of ether oxygens (including phenoxy) is 1. The van der Waals surface area contributed by atoms with E-state index in [2.05, 4.69) is 75.1 Å². The Labute approximate surface area is 193 Å². The Morgan fingerprint density at radius 2 is 1.73 bits per heavy atom. The summed E-state index contributed by atoms with van der Waals surface area (Å²) in [7, 11) is 2.19. The average molecular weight is 441 g/mol. The number of hydrogen-bond donors (Lipinski definition) is 1. The van der Waals surface area contributed by atoms with Gasteiger partial charge in [-0.1, -0.05) is 0 Å². The lowest BCUT2D eigenvalue weighted by atomic mass is 9.99. The molecule has 1 aromatic carbocycles. The van der Waals surface area contributed by atoms with Crippen LogP contribution in [0.15, 0.2) is 36.7 Å². The van der Waals surface area contributed by atoms with E-state index >= 15 is 0 Å². The highest BCUT2D eigenvalue weighted by molar-refractivity contribution is 5.95. The van der Waals surface area contributed by atoms with Crippen LogP contribution < -0.4 is 9.64 Å². The van der Waals surface area contributed by atoms with E-state index in [9.17, 15) is 0 Å². The molecule has 0 amide bonds. The molecule has 5 heterocycles. The highest BCUT2D eigenvalue weighted by Gasteiger charge is 2.20. The van der Waals surface area contributed by atoms with Gasteiger partial charge in [0, 0.05) is 78.3 Å². The van der Waals surface area contributed by atoms with Crippen molar-refractivity contribution in [3.05, 3.63) is 53.3 Å². The van der Waals surface area contributed by atoms with Gasteiger partial charge in [-0.2, -0.15) is 0 Å². The third-order valence-electron chi connectivity index (χ3n) is 6.89. The van der Waals surface area contributed by atoms with E-state index in [0.717, 1.165) is 77.5 Å². The summed E-state index contributed by atoms with van der Waals surface area (Å²) in [6, 6.07) is 8.81. The fraction of sp³-hybridized carbons (Fsp3) is 0.346. The molecule has 1 fully saturated rings. The molecule has 7 nitrogen and oxygen atoms in total. The smallest absolute Gasteiger partial charge is 0.216 e. The topological polar surface area (TPSA) is 70.2 Å². The first kappa shape index (κ1) is 20.2. The van der Waals surface area contributed by atoms with E-state index in [1.807, 2.05) is 12.4 Å². The van der Waals surface area contributed by atoms with E-state index in [4.69, 9.17) is 4.74 Å². The first-order valence-electron chi connectivity index (χ1n) is 11.6. The van der Waals surface area contributed by atoms with Gasteiger partial charge in [-0.15, -0.1) is 10.2 Å². The number of nitrogens with one attached hydrogen (secondary N) is 1. The molecule has 2 aliphatic heterocycles. The molecule has 168 valence electrons. The van der Waals surface area contributed by atoms with Gasteiger partial charge in [0.2, 0.25) is 5.88 Å². The Bertz CT molecular complexity index is 1330. The largest absolute Gasteiger partial charge is 0.477 e. The molecule has 0 spiro atoms. The molecule has 0 saturated carbocycles. The molecule has 0 radical (unpaired) electrons. The van der Waals surface area contributed by atoms with Crippen molar-refractivity contribution in [3.63, 3.8) is 0 Å². The summed E-state index contributed by atoms with van der Waals surface area (Å²) in [4.78, 5) is 12.7. The molecule has 33 heavy (non-hydrogen) atoms. The first-order valence-corrected chi connectivity index (χ1v) is 11.6. The number of nitrogens with zero attached hydrogens (tertiary/aromatic N) is 5. The average Bonchev–Trinajstić information content (AvgIpc) is 3.45. The molecule has 1 N–H and O–H groups in total. The number of aromatic nitrogens is 4. The maximum atomic E-state index is 5.57. The van der Waals surface area contributed by atoms with E-state index in [1.165, 1.54) is 16.8 Å². The molecule has 0 bridgehead atoms. The van der Waals surface area contributed by atoms with Crippen molar-refractivity contribution in [3.8, 4) is 28.3 Å². The van der Waals surface area contributed by atoms with Crippen LogP contribution in [0.5, 0.6) is 5.88 Å². The zero-order valence-corrected chi connectivity index (χ0v) is 19.4. The number of pyridine rings is 1. The van der Waals surface area contributed by atoms with Crippen molar-refractivity contribution in [2.75, 3.05) is 44.7 Å². The molecule has 0 aliphatic carbocycles. The minimum absolute atomic E-state index is 0.706. The summed E-state index contributed by atoms with van der Waals surface area (Å²) in [6.07, 6.45) is 4.78. The van der Waals surface area contributed by atoms with Crippen LogP contribution in [0.3, 0.4) is 0 Å². The highest BCUT2D eigenvalue weighted by atomic mass is 16.5. The van der Waals surface area contributed by atoms with Gasteiger partial charge in [0.25, 0.3) is 0 Å². The number of aromatic amines is 1. The molecule has 4 aromatic rings. The summed E-state index contributed by atoms with van der Waals surface area (Å²) >= 11 is 0. The van der Waals surface area contributed by atoms with Crippen LogP contribution in [0.4, 0.5) is 5.69 Å². The monoisotopic (exact) mass is 440 g/mol. The lowest BCUT2D eigenvalue weighted by Gasteiger charge is -2.36. The van der Waals surface area contributed by atoms with Crippen LogP contribution >= 0.6 is 0 Å². The predicted molar refractivity (Wildman–Crippen MR) is 131 cm³/mol. The highest BCUT2D eigenvalue weighted by Crippen LogP contribution is 2.35. The summed E-state index contributed by atoms with van der Waals surface area (Å²) < 4.78 is 5.57. The lowest BCUT2D eigenvalue weighted by Crippen LogP contribution is -2.45. The standard InChI is InChI=1S/C26H28N6O/c1-16-10-19(11-17(2)24(16)32-7-5-31(3)6-8-32)23-13-21-22(15-27-25(21)30-29-23)20-12-18-4-9-33-26(18)28-14-20/h10-15H,4-9H2,1-3H3,(H,27,30). The van der Waals surface area contributed by atoms with Crippen LogP contribution in [0.2, 0.25) is 0 Å². The van der Waals surface area contributed by atoms with E-state index in [1.54, 1.807) is 0 Å². The molecule has 0 atom stereocenters. The molecule has 1 saturated heterocycles. The van der Waals surface area contributed by atoms with Gasteiger partial charge >= 0.3 is 0 Å². The number of benzene rings is 1. The molecule has 2 aliphatic rings. The number of aryl methyl sites for hydroxylation is 2. The number of piperazine rings is 1. The van der Waals surface area contributed by atoms with Gasteiger partial charge in [0.15, 0.2) is 5.65 Å². The minimum Gasteiger partial charge on any atom is -0.477 e. The Kier molecular flexibility index (Phi) is 4.80. The number of rotatable bonds is 3. The van der Waals surface area contributed by atoms with Crippen LogP contribution in [0.1, 0.15) is 16.7 Å². The Balaban J connectivity index is 1.38. The number of fused-ring (bicyclic) bond motifs is 2. The summed E-state index contributed by atoms with van der Waals surface area (Å²) in [5.41, 5.74) is 10.0. The fourth-order valence-electron chi connectivity index (χ4n) is 5.15. The zero-order valence-electron chi connectivity index (χ0n) is 19.4. The zero-order chi connectivity index (χ0) is 22.5. The van der Waals surface area contributed by atoms with Crippen molar-refractivity contribution in [1.29, 1.82) is 0 Å². The minimum atomic E-state index is 0.706. The second kappa shape index (κ2) is 7.85. The maximum absolute atomic E-state index is 5.57. The van der Waals surface area contributed by atoms with Crippen molar-refractivity contribution in [2.24, 2.45) is 0 Å². The van der Waals surface area contributed by atoms with E-state index in [0.29, 0.717) is 6.61 Å². The van der Waals surface area contributed by atoms with Crippen LogP contribution in [0, 0.1) is 13.8 Å². The van der Waals surface area contributed by atoms with Crippen molar-refractivity contribution in [1.82, 2.24) is 25.1 Å². The normalized spacial score (nSPS) is 16.3. The van der Waals surface area contributed by atoms with Gasteiger partial charge in [0.05, 0.1) is 12.3 Å². The predicted octanol–water partition coefficient (Wildman–Crippen LogP) is 3.99. The van der Waals surface area contributed by atoms with Gasteiger partial charge in [-0.05, 0) is 56.3 Å². The molecule has 0 unspecified atom stereocenters. The van der Waals surface area contributed by atoms with Crippen molar-refractivity contribution >= 4 is 16.7 Å². The summed E-state index contributed by atoms with van der Waals surface area (Å²) in [6.45, 7) is 9.45. The van der Waals surface area contributed by atoms with Gasteiger partial charge in [-0.25, -0.2) is 4.98 Å². The second-order valence-electron chi connectivity index (χ2n) is 9.23. The SMILES string of the molecule is Cc1cc(-c2cc3c(-c4cnc5c(c4)CCO5)c[nH]c3nn2)cc(C)c1N1CCN(C)CC1. The van der Waals surface area contributed by atoms with Crippen LogP contribution in [0.25, 0.3) is 33.4 Å². The van der Waals surface area contributed by atoms with Crippen LogP contribution in [-0.4, -0.2) is 64.9 Å². The van der Waals surface area contributed by atoms with Crippen molar-refractivity contribution in [2.45, 2.75) is 20.3 Å². The Morgan fingerprint density at radius 3 is 2.52 bits per heavy atom. The van der Waals surface area contributed by atoms with Gasteiger partial charge in [-0.3, -0.25) is 0 Å². The number of anilines is 1. The molecule has 7 heteroatoms. The van der Waals surface area contributed by atoms with Gasteiger partial charge in [0.1, 0.15) is 0 Å². The Hall–Kier alpha value is -3.45. The maximum Gasteiger partial charge on any atom is 0.216 e. The number of likely N-dealkylation sites (N-methyl/N-ethyl adjacent to an activating group) is 1. The van der Waals surface area contributed by atoms with Gasteiger partial charge < -0.3 is 19.5 Å². The quantitative estimate of drug-likeness (QED) is 0.520. The third kappa shape index (κ3) is 3.53. The fourth-order valence-corrected chi connectivity index (χ4v) is 5.15. The van der Waals surface area contributed by atoms with Crippen LogP contribution in [-0.2, 0) is 6.42 Å². The lowest BCUT2D eigenvalue weighted by molar-refractivity contribution is 0.312. The molecular weight excluding hydrogens is 412 g/mol. The summed E-state index contributed by atoms with van der Waals surface area (Å²) in [5, 5.41) is 10.1.